The molecular weight excluding hydrogens is 144 g/mol. The molecule has 0 aliphatic rings. The monoisotopic (exact) mass is 154 g/mol. The van der Waals surface area contributed by atoms with Crippen LogP contribution in [0.1, 0.15) is 5.56 Å². The first-order valence-electron chi connectivity index (χ1n) is 3.15. The lowest BCUT2D eigenvalue weighted by molar-refractivity contribution is 0.379. The fraction of sp³-hybridized carbons (Fsp3) is 0.333. The maximum Gasteiger partial charge on any atom is 0.316 e. The molecule has 0 radical (unpaired) electrons. The molecule has 3 N–H and O–H groups in total. The van der Waals surface area contributed by atoms with Gasteiger partial charge in [0, 0.05) is 24.5 Å². The van der Waals surface area contributed by atoms with Gasteiger partial charge in [-0.15, -0.1) is 0 Å². The van der Waals surface area contributed by atoms with Crippen LogP contribution in [-0.2, 0) is 6.54 Å². The Morgan fingerprint density at radius 2 is 2.18 bits per heavy atom. The topological polar surface area (TPSA) is 73.1 Å². The van der Waals surface area contributed by atoms with Crippen LogP contribution in [-0.4, -0.2) is 17.1 Å². The summed E-state index contributed by atoms with van der Waals surface area (Å²) in [5, 5.41) is 0. The molecule has 0 aromatic carbocycles. The third-order valence-electron chi connectivity index (χ3n) is 1.17. The number of aromatic nitrogens is 2. The highest BCUT2D eigenvalue weighted by Crippen LogP contribution is 2.00. The zero-order valence-electron chi connectivity index (χ0n) is 6.24. The lowest BCUT2D eigenvalue weighted by Gasteiger charge is -1.99. The largest absolute Gasteiger partial charge is 0.467 e. The Labute approximate surface area is 64.6 Å². The average molecular weight is 154 g/mol. The fourth-order valence-corrected chi connectivity index (χ4v) is 0.657. The summed E-state index contributed by atoms with van der Waals surface area (Å²) in [6, 6.07) is 0.366. The van der Waals surface area contributed by atoms with Crippen molar-refractivity contribution >= 4 is 0 Å². The smallest absolute Gasteiger partial charge is 0.316 e. The molecular formula is C6H10N4O. The van der Waals surface area contributed by atoms with E-state index < -0.39 is 0 Å². The van der Waals surface area contributed by atoms with Gasteiger partial charge in [-0.2, -0.15) is 0 Å². The fourth-order valence-electron chi connectivity index (χ4n) is 0.657. The predicted molar refractivity (Wildman–Crippen MR) is 39.6 cm³/mol. The molecule has 0 unspecified atom stereocenters. The Kier molecular flexibility index (Phi) is 2.76. The standard InChI is InChI=1S/C6H10N4O/c1-11-6-8-2-5(3-9-6)4-10-7/h2-3,10H,4,7H2,1H3. The molecule has 0 amide bonds. The number of hydrazine groups is 1. The van der Waals surface area contributed by atoms with Crippen LogP contribution in [0.15, 0.2) is 12.4 Å². The Bertz CT molecular complexity index is 210. The van der Waals surface area contributed by atoms with E-state index in [1.807, 2.05) is 0 Å². The summed E-state index contributed by atoms with van der Waals surface area (Å²) in [6.07, 6.45) is 3.32. The Morgan fingerprint density at radius 3 is 2.64 bits per heavy atom. The minimum Gasteiger partial charge on any atom is -0.467 e. The number of nitrogens with zero attached hydrogens (tertiary/aromatic N) is 2. The van der Waals surface area contributed by atoms with Gasteiger partial charge >= 0.3 is 6.01 Å². The van der Waals surface area contributed by atoms with Crippen molar-refractivity contribution in [3.63, 3.8) is 0 Å². The number of hydrogen-bond acceptors (Lipinski definition) is 5. The maximum absolute atomic E-state index is 5.09. The summed E-state index contributed by atoms with van der Waals surface area (Å²) >= 11 is 0. The van der Waals surface area contributed by atoms with Crippen LogP contribution < -0.4 is 16.0 Å². The van der Waals surface area contributed by atoms with Gasteiger partial charge in [0.1, 0.15) is 0 Å². The van der Waals surface area contributed by atoms with Gasteiger partial charge in [-0.3, -0.25) is 11.3 Å². The normalized spacial score (nSPS) is 9.64. The Hall–Kier alpha value is -1.20. The lowest BCUT2D eigenvalue weighted by atomic mass is 10.3. The number of ether oxygens (including phenoxy) is 1. The first-order valence-corrected chi connectivity index (χ1v) is 3.15. The number of rotatable bonds is 3. The molecule has 0 atom stereocenters. The molecule has 0 aliphatic heterocycles. The van der Waals surface area contributed by atoms with Crippen molar-refractivity contribution < 1.29 is 4.74 Å². The van der Waals surface area contributed by atoms with Crippen molar-refractivity contribution in [1.82, 2.24) is 15.4 Å². The molecule has 0 fully saturated rings. The SMILES string of the molecule is COc1ncc(CNN)cn1. The van der Waals surface area contributed by atoms with Crippen LogP contribution >= 0.6 is 0 Å². The molecule has 1 aromatic rings. The Balaban J connectivity index is 2.66. The highest BCUT2D eigenvalue weighted by atomic mass is 16.5. The van der Waals surface area contributed by atoms with E-state index in [0.29, 0.717) is 12.6 Å². The summed E-state index contributed by atoms with van der Waals surface area (Å²) in [7, 11) is 1.52. The number of hydrogen-bond donors (Lipinski definition) is 2. The second kappa shape index (κ2) is 3.85. The molecule has 0 saturated heterocycles. The van der Waals surface area contributed by atoms with E-state index in [1.54, 1.807) is 12.4 Å². The molecule has 0 spiro atoms. The first kappa shape index (κ1) is 7.90. The van der Waals surface area contributed by atoms with Crippen LogP contribution in [0, 0.1) is 0 Å². The van der Waals surface area contributed by atoms with E-state index in [2.05, 4.69) is 15.4 Å². The van der Waals surface area contributed by atoms with E-state index in [0.717, 1.165) is 5.56 Å². The first-order chi connectivity index (χ1) is 5.36. The highest BCUT2D eigenvalue weighted by molar-refractivity contribution is 5.06. The van der Waals surface area contributed by atoms with Gasteiger partial charge in [0.25, 0.3) is 0 Å². The molecule has 0 aliphatic carbocycles. The molecule has 0 bridgehead atoms. The zero-order chi connectivity index (χ0) is 8.10. The third kappa shape index (κ3) is 2.14. The van der Waals surface area contributed by atoms with Crippen LogP contribution in [0.4, 0.5) is 0 Å². The van der Waals surface area contributed by atoms with Gasteiger partial charge in [0.2, 0.25) is 0 Å². The molecule has 5 nitrogen and oxygen atoms in total. The van der Waals surface area contributed by atoms with Crippen molar-refractivity contribution in [2.45, 2.75) is 6.54 Å². The van der Waals surface area contributed by atoms with E-state index in [9.17, 15) is 0 Å². The van der Waals surface area contributed by atoms with Crippen molar-refractivity contribution in [3.8, 4) is 6.01 Å². The average Bonchev–Trinajstić information content (AvgIpc) is 2.07. The van der Waals surface area contributed by atoms with E-state index in [-0.39, 0.29) is 0 Å². The lowest BCUT2D eigenvalue weighted by Crippen LogP contribution is -2.20. The molecule has 0 saturated carbocycles. The van der Waals surface area contributed by atoms with E-state index in [4.69, 9.17) is 10.6 Å². The second-order valence-electron chi connectivity index (χ2n) is 1.96. The highest BCUT2D eigenvalue weighted by Gasteiger charge is 1.94. The van der Waals surface area contributed by atoms with E-state index >= 15 is 0 Å². The molecule has 1 rings (SSSR count). The van der Waals surface area contributed by atoms with Gasteiger partial charge in [-0.05, 0) is 0 Å². The van der Waals surface area contributed by atoms with Crippen molar-refractivity contribution in [1.29, 1.82) is 0 Å². The summed E-state index contributed by atoms with van der Waals surface area (Å²) in [5.41, 5.74) is 3.42. The van der Waals surface area contributed by atoms with Crippen LogP contribution in [0.2, 0.25) is 0 Å². The second-order valence-corrected chi connectivity index (χ2v) is 1.96. The molecule has 5 heteroatoms. The van der Waals surface area contributed by atoms with Crippen LogP contribution in [0.3, 0.4) is 0 Å². The summed E-state index contributed by atoms with van der Waals surface area (Å²) < 4.78 is 4.77. The molecule has 1 heterocycles. The van der Waals surface area contributed by atoms with Crippen LogP contribution in [0.5, 0.6) is 6.01 Å². The van der Waals surface area contributed by atoms with Crippen molar-refractivity contribution in [2.24, 2.45) is 5.84 Å². The summed E-state index contributed by atoms with van der Waals surface area (Å²) in [4.78, 5) is 7.77. The third-order valence-corrected chi connectivity index (χ3v) is 1.17. The minimum absolute atomic E-state index is 0.366. The molecule has 1 aromatic heterocycles. The summed E-state index contributed by atoms with van der Waals surface area (Å²) in [5.74, 6) is 5.09. The van der Waals surface area contributed by atoms with Gasteiger partial charge < -0.3 is 4.74 Å². The number of methoxy groups -OCH3 is 1. The zero-order valence-corrected chi connectivity index (χ0v) is 6.24. The summed E-state index contributed by atoms with van der Waals surface area (Å²) in [6.45, 7) is 0.560. The Morgan fingerprint density at radius 1 is 1.55 bits per heavy atom. The van der Waals surface area contributed by atoms with Crippen LogP contribution in [0.25, 0.3) is 0 Å². The minimum atomic E-state index is 0.366. The maximum atomic E-state index is 5.09. The predicted octanol–water partition coefficient (Wildman–Crippen LogP) is -0.552. The van der Waals surface area contributed by atoms with Crippen molar-refractivity contribution in [3.05, 3.63) is 18.0 Å². The quantitative estimate of drug-likeness (QED) is 0.451. The van der Waals surface area contributed by atoms with Gasteiger partial charge in [-0.1, -0.05) is 0 Å². The number of nitrogens with one attached hydrogen (secondary N) is 1. The van der Waals surface area contributed by atoms with E-state index in [1.165, 1.54) is 7.11 Å². The molecule has 11 heavy (non-hydrogen) atoms. The number of nitrogens with two attached hydrogens (primary N) is 1. The molecule has 60 valence electrons. The van der Waals surface area contributed by atoms with Gasteiger partial charge in [-0.25, -0.2) is 9.97 Å². The van der Waals surface area contributed by atoms with Crippen molar-refractivity contribution in [2.75, 3.05) is 7.11 Å². The van der Waals surface area contributed by atoms with Gasteiger partial charge in [0.15, 0.2) is 0 Å². The van der Waals surface area contributed by atoms with Gasteiger partial charge in [0.05, 0.1) is 7.11 Å².